The Morgan fingerprint density at radius 3 is 2.61 bits per heavy atom. The van der Waals surface area contributed by atoms with Gasteiger partial charge in [0.05, 0.1) is 12.5 Å². The second-order valence-corrected chi connectivity index (χ2v) is 4.18. The molecule has 0 saturated heterocycles. The summed E-state index contributed by atoms with van der Waals surface area (Å²) in [6, 6.07) is -0.618. The molecule has 1 fully saturated rings. The molecule has 1 saturated carbocycles. The minimum atomic E-state index is -0.828. The van der Waals surface area contributed by atoms with Crippen molar-refractivity contribution in [2.24, 2.45) is 5.92 Å². The predicted octanol–water partition coefficient (Wildman–Crippen LogP) is 0.102. The molecule has 2 atom stereocenters. The third-order valence-electron chi connectivity index (χ3n) is 2.82. The van der Waals surface area contributed by atoms with Gasteiger partial charge in [-0.05, 0) is 26.2 Å². The van der Waals surface area contributed by atoms with Crippen LogP contribution in [0.25, 0.3) is 0 Å². The summed E-state index contributed by atoms with van der Waals surface area (Å²) >= 11 is 0. The van der Waals surface area contributed by atoms with Crippen LogP contribution in [0.4, 0.5) is 4.79 Å². The summed E-state index contributed by atoms with van der Waals surface area (Å²) < 4.78 is 4.65. The average Bonchev–Trinajstić information content (AvgIpc) is 2.75. The summed E-state index contributed by atoms with van der Waals surface area (Å²) in [5.74, 6) is -1.71. The van der Waals surface area contributed by atoms with Crippen molar-refractivity contribution >= 4 is 18.0 Å². The van der Waals surface area contributed by atoms with E-state index in [-0.39, 0.29) is 25.1 Å². The molecule has 1 rings (SSSR count). The molecular formula is C11H18N2O5. The molecule has 7 heteroatoms. The highest BCUT2D eigenvalue weighted by atomic mass is 16.5. The molecule has 0 aliphatic heterocycles. The van der Waals surface area contributed by atoms with Gasteiger partial charge in [-0.15, -0.1) is 0 Å². The minimum absolute atomic E-state index is 0.145. The summed E-state index contributed by atoms with van der Waals surface area (Å²) in [5, 5.41) is 13.8. The monoisotopic (exact) mass is 258 g/mol. The fourth-order valence-corrected chi connectivity index (χ4v) is 1.94. The van der Waals surface area contributed by atoms with Crippen molar-refractivity contribution in [3.8, 4) is 0 Å². The van der Waals surface area contributed by atoms with Crippen molar-refractivity contribution < 1.29 is 24.2 Å². The molecule has 0 spiro atoms. The smallest absolute Gasteiger partial charge is 0.325 e. The van der Waals surface area contributed by atoms with Crippen LogP contribution in [-0.4, -0.2) is 42.3 Å². The molecule has 2 amide bonds. The number of urea groups is 1. The van der Waals surface area contributed by atoms with Crippen molar-refractivity contribution in [2.75, 3.05) is 13.2 Å². The standard InChI is InChI=1S/C11H18N2O5/c1-2-18-9(14)6-12-11(17)13-8-4-3-7(5-8)10(15)16/h7-8H,2-6H2,1H3,(H,15,16)(H2,12,13,17)/t7-,8+/m1/s1. The van der Waals surface area contributed by atoms with Gasteiger partial charge in [0, 0.05) is 6.04 Å². The van der Waals surface area contributed by atoms with Crippen LogP contribution in [0.15, 0.2) is 0 Å². The number of carboxylic acid groups (broad SMARTS) is 1. The second-order valence-electron chi connectivity index (χ2n) is 4.18. The van der Waals surface area contributed by atoms with Crippen LogP contribution in [0.5, 0.6) is 0 Å². The quantitative estimate of drug-likeness (QED) is 0.607. The van der Waals surface area contributed by atoms with E-state index in [4.69, 9.17) is 5.11 Å². The van der Waals surface area contributed by atoms with E-state index in [0.29, 0.717) is 19.3 Å². The topological polar surface area (TPSA) is 105 Å². The Kier molecular flexibility index (Phi) is 5.41. The van der Waals surface area contributed by atoms with Gasteiger partial charge in [-0.25, -0.2) is 4.79 Å². The van der Waals surface area contributed by atoms with Crippen LogP contribution in [-0.2, 0) is 14.3 Å². The van der Waals surface area contributed by atoms with Gasteiger partial charge >= 0.3 is 18.0 Å². The van der Waals surface area contributed by atoms with Crippen molar-refractivity contribution in [2.45, 2.75) is 32.2 Å². The third kappa shape index (κ3) is 4.60. The number of hydrogen-bond acceptors (Lipinski definition) is 4. The molecule has 7 nitrogen and oxygen atoms in total. The number of hydrogen-bond donors (Lipinski definition) is 3. The summed E-state index contributed by atoms with van der Waals surface area (Å²) in [6.07, 6.45) is 1.64. The maximum Gasteiger partial charge on any atom is 0.325 e. The summed E-state index contributed by atoms with van der Waals surface area (Å²) in [7, 11) is 0. The van der Waals surface area contributed by atoms with Gasteiger partial charge in [0.25, 0.3) is 0 Å². The molecule has 0 aromatic rings. The fraction of sp³-hybridized carbons (Fsp3) is 0.727. The summed E-state index contributed by atoms with van der Waals surface area (Å²) in [5.41, 5.74) is 0. The van der Waals surface area contributed by atoms with E-state index >= 15 is 0 Å². The maximum atomic E-state index is 11.4. The zero-order valence-electron chi connectivity index (χ0n) is 10.3. The molecule has 0 aromatic carbocycles. The Hall–Kier alpha value is -1.79. The highest BCUT2D eigenvalue weighted by Gasteiger charge is 2.30. The van der Waals surface area contributed by atoms with E-state index in [1.54, 1.807) is 6.92 Å². The van der Waals surface area contributed by atoms with E-state index < -0.39 is 18.0 Å². The van der Waals surface area contributed by atoms with Gasteiger partial charge in [0.2, 0.25) is 0 Å². The van der Waals surface area contributed by atoms with Gasteiger partial charge < -0.3 is 20.5 Å². The number of esters is 1. The van der Waals surface area contributed by atoms with Crippen LogP contribution in [0, 0.1) is 5.92 Å². The van der Waals surface area contributed by atoms with Gasteiger partial charge in [-0.1, -0.05) is 0 Å². The van der Waals surface area contributed by atoms with Crippen molar-refractivity contribution in [1.82, 2.24) is 10.6 Å². The van der Waals surface area contributed by atoms with Crippen molar-refractivity contribution in [1.29, 1.82) is 0 Å². The normalized spacial score (nSPS) is 22.3. The lowest BCUT2D eigenvalue weighted by Gasteiger charge is -2.13. The molecule has 0 heterocycles. The van der Waals surface area contributed by atoms with Gasteiger partial charge in [-0.3, -0.25) is 9.59 Å². The first-order chi connectivity index (χ1) is 8.52. The molecule has 1 aliphatic rings. The van der Waals surface area contributed by atoms with E-state index in [1.807, 2.05) is 0 Å². The van der Waals surface area contributed by atoms with E-state index in [0.717, 1.165) is 0 Å². The molecule has 3 N–H and O–H groups in total. The average molecular weight is 258 g/mol. The van der Waals surface area contributed by atoms with E-state index in [2.05, 4.69) is 15.4 Å². The largest absolute Gasteiger partial charge is 0.481 e. The Balaban J connectivity index is 2.21. The second kappa shape index (κ2) is 6.83. The molecule has 0 unspecified atom stereocenters. The van der Waals surface area contributed by atoms with E-state index in [1.165, 1.54) is 0 Å². The highest BCUT2D eigenvalue weighted by molar-refractivity contribution is 5.81. The highest BCUT2D eigenvalue weighted by Crippen LogP contribution is 2.25. The maximum absolute atomic E-state index is 11.4. The van der Waals surface area contributed by atoms with Crippen LogP contribution in [0.2, 0.25) is 0 Å². The lowest BCUT2D eigenvalue weighted by Crippen LogP contribution is -2.43. The van der Waals surface area contributed by atoms with Crippen LogP contribution in [0.1, 0.15) is 26.2 Å². The Morgan fingerprint density at radius 1 is 1.33 bits per heavy atom. The third-order valence-corrected chi connectivity index (χ3v) is 2.82. The lowest BCUT2D eigenvalue weighted by molar-refractivity contribution is -0.142. The van der Waals surface area contributed by atoms with Crippen molar-refractivity contribution in [3.63, 3.8) is 0 Å². The Bertz CT molecular complexity index is 331. The molecule has 18 heavy (non-hydrogen) atoms. The first-order valence-corrected chi connectivity index (χ1v) is 5.95. The number of carboxylic acids is 1. The molecule has 0 radical (unpaired) electrons. The van der Waals surface area contributed by atoms with Gasteiger partial charge in [0.15, 0.2) is 0 Å². The molecule has 1 aliphatic carbocycles. The number of rotatable bonds is 5. The Labute approximate surface area is 105 Å². The molecule has 0 aromatic heterocycles. The fourth-order valence-electron chi connectivity index (χ4n) is 1.94. The predicted molar refractivity (Wildman–Crippen MR) is 61.9 cm³/mol. The lowest BCUT2D eigenvalue weighted by atomic mass is 10.1. The number of carbonyl (C=O) groups excluding carboxylic acids is 2. The summed E-state index contributed by atoms with van der Waals surface area (Å²) in [6.45, 7) is 1.77. The van der Waals surface area contributed by atoms with Crippen molar-refractivity contribution in [3.05, 3.63) is 0 Å². The first kappa shape index (κ1) is 14.3. The van der Waals surface area contributed by atoms with Gasteiger partial charge in [0.1, 0.15) is 6.54 Å². The van der Waals surface area contributed by atoms with Crippen LogP contribution < -0.4 is 10.6 Å². The first-order valence-electron chi connectivity index (χ1n) is 5.95. The molecule has 102 valence electrons. The molecule has 0 bridgehead atoms. The van der Waals surface area contributed by atoms with E-state index in [9.17, 15) is 14.4 Å². The number of carbonyl (C=O) groups is 3. The molecular weight excluding hydrogens is 240 g/mol. The van der Waals surface area contributed by atoms with Crippen LogP contribution in [0.3, 0.4) is 0 Å². The number of amides is 2. The number of nitrogens with one attached hydrogen (secondary N) is 2. The summed E-state index contributed by atoms with van der Waals surface area (Å²) in [4.78, 5) is 33.1. The zero-order valence-corrected chi connectivity index (χ0v) is 10.3. The van der Waals surface area contributed by atoms with Gasteiger partial charge in [-0.2, -0.15) is 0 Å². The number of aliphatic carboxylic acids is 1. The van der Waals surface area contributed by atoms with Crippen LogP contribution >= 0.6 is 0 Å². The SMILES string of the molecule is CCOC(=O)CNC(=O)N[C@H]1CC[C@@H](C(=O)O)C1. The minimum Gasteiger partial charge on any atom is -0.481 e. The zero-order chi connectivity index (χ0) is 13.5. The number of ether oxygens (including phenoxy) is 1. The Morgan fingerprint density at radius 2 is 2.06 bits per heavy atom.